The monoisotopic (exact) mass is 306 g/mol. The molecule has 18 heavy (non-hydrogen) atoms. The van der Waals surface area contributed by atoms with Crippen LogP contribution >= 0.6 is 15.9 Å². The summed E-state index contributed by atoms with van der Waals surface area (Å²) in [5.41, 5.74) is 1.20. The number of halogens is 1. The van der Waals surface area contributed by atoms with Crippen molar-refractivity contribution < 1.29 is 4.74 Å². The topological polar surface area (TPSA) is 34.1 Å². The van der Waals surface area contributed by atoms with Gasteiger partial charge in [-0.1, -0.05) is 12.1 Å². The van der Waals surface area contributed by atoms with Crippen LogP contribution in [0.15, 0.2) is 47.1 Å². The molecular weight excluding hydrogens is 292 g/mol. The maximum absolute atomic E-state index is 5.63. The first-order valence-corrected chi connectivity index (χ1v) is 6.58. The van der Waals surface area contributed by atoms with E-state index in [0.717, 1.165) is 22.6 Å². The second kappa shape index (κ2) is 6.40. The number of nitrogens with one attached hydrogen (secondary N) is 1. The zero-order chi connectivity index (χ0) is 12.8. The third-order valence-corrected chi connectivity index (χ3v) is 2.86. The van der Waals surface area contributed by atoms with Crippen LogP contribution in [0.5, 0.6) is 5.75 Å². The first-order valence-electron chi connectivity index (χ1n) is 5.79. The highest BCUT2D eigenvalue weighted by molar-refractivity contribution is 9.10. The highest BCUT2D eigenvalue weighted by Gasteiger charge is 1.95. The Bertz CT molecular complexity index is 499. The Morgan fingerprint density at radius 3 is 2.89 bits per heavy atom. The van der Waals surface area contributed by atoms with Gasteiger partial charge in [-0.15, -0.1) is 0 Å². The molecule has 0 aliphatic heterocycles. The molecule has 2 rings (SSSR count). The second-order valence-corrected chi connectivity index (χ2v) is 4.87. The van der Waals surface area contributed by atoms with Gasteiger partial charge in [0.05, 0.1) is 6.54 Å². The van der Waals surface area contributed by atoms with Crippen LogP contribution in [0.1, 0.15) is 5.56 Å². The number of hydrogen-bond donors (Lipinski definition) is 1. The fourth-order valence-corrected chi connectivity index (χ4v) is 1.77. The van der Waals surface area contributed by atoms with E-state index in [9.17, 15) is 0 Å². The Morgan fingerprint density at radius 1 is 1.28 bits per heavy atom. The van der Waals surface area contributed by atoms with Gasteiger partial charge < -0.3 is 10.1 Å². The average molecular weight is 307 g/mol. The average Bonchev–Trinajstić information content (AvgIpc) is 2.37. The SMILES string of the molecule is Cc1cccc(OCCNc2ccc(Br)cn2)c1. The van der Waals surface area contributed by atoms with Gasteiger partial charge >= 0.3 is 0 Å². The molecule has 0 spiro atoms. The number of hydrogen-bond acceptors (Lipinski definition) is 3. The van der Waals surface area contributed by atoms with Crippen LogP contribution in [0, 0.1) is 6.92 Å². The molecule has 0 saturated heterocycles. The van der Waals surface area contributed by atoms with E-state index >= 15 is 0 Å². The van der Waals surface area contributed by atoms with Crippen molar-refractivity contribution >= 4 is 21.7 Å². The molecule has 3 nitrogen and oxygen atoms in total. The molecule has 0 aliphatic rings. The lowest BCUT2D eigenvalue weighted by Gasteiger charge is -2.08. The number of nitrogens with zero attached hydrogens (tertiary/aromatic N) is 1. The van der Waals surface area contributed by atoms with Crippen LogP contribution in [-0.4, -0.2) is 18.1 Å². The van der Waals surface area contributed by atoms with Gasteiger partial charge in [0.2, 0.25) is 0 Å². The molecule has 0 aliphatic carbocycles. The molecule has 1 aromatic heterocycles. The van der Waals surface area contributed by atoms with E-state index in [-0.39, 0.29) is 0 Å². The molecule has 94 valence electrons. The summed E-state index contributed by atoms with van der Waals surface area (Å²) >= 11 is 3.35. The third kappa shape index (κ3) is 4.04. The van der Waals surface area contributed by atoms with Gasteiger partial charge in [0.15, 0.2) is 0 Å². The number of anilines is 1. The molecular formula is C14H15BrN2O. The standard InChI is InChI=1S/C14H15BrN2O/c1-11-3-2-4-13(9-11)18-8-7-16-14-6-5-12(15)10-17-14/h2-6,9-10H,7-8H2,1H3,(H,16,17). The number of ether oxygens (including phenoxy) is 1. The van der Waals surface area contributed by atoms with Crippen molar-refractivity contribution in [3.63, 3.8) is 0 Å². The van der Waals surface area contributed by atoms with E-state index in [2.05, 4.69) is 39.2 Å². The van der Waals surface area contributed by atoms with Crippen molar-refractivity contribution in [2.24, 2.45) is 0 Å². The van der Waals surface area contributed by atoms with Crippen LogP contribution < -0.4 is 10.1 Å². The van der Waals surface area contributed by atoms with Crippen molar-refractivity contribution in [3.05, 3.63) is 52.6 Å². The molecule has 2 aromatic rings. The largest absolute Gasteiger partial charge is 0.492 e. The molecule has 0 bridgehead atoms. The molecule has 0 atom stereocenters. The Hall–Kier alpha value is -1.55. The number of pyridine rings is 1. The summed E-state index contributed by atoms with van der Waals surface area (Å²) in [4.78, 5) is 4.22. The van der Waals surface area contributed by atoms with E-state index in [0.29, 0.717) is 6.61 Å². The van der Waals surface area contributed by atoms with Gasteiger partial charge in [0, 0.05) is 10.7 Å². The molecule has 0 amide bonds. The fraction of sp³-hybridized carbons (Fsp3) is 0.214. The third-order valence-electron chi connectivity index (χ3n) is 2.39. The van der Waals surface area contributed by atoms with E-state index < -0.39 is 0 Å². The maximum Gasteiger partial charge on any atom is 0.126 e. The molecule has 4 heteroatoms. The zero-order valence-electron chi connectivity index (χ0n) is 10.2. The lowest BCUT2D eigenvalue weighted by Crippen LogP contribution is -2.12. The Balaban J connectivity index is 1.74. The van der Waals surface area contributed by atoms with E-state index in [1.807, 2.05) is 30.3 Å². The summed E-state index contributed by atoms with van der Waals surface area (Å²) in [5, 5.41) is 3.20. The molecule has 0 unspecified atom stereocenters. The van der Waals surface area contributed by atoms with E-state index in [1.165, 1.54) is 5.56 Å². The summed E-state index contributed by atoms with van der Waals surface area (Å²) < 4.78 is 6.61. The Labute approximate surface area is 115 Å². The molecule has 0 fully saturated rings. The summed E-state index contributed by atoms with van der Waals surface area (Å²) in [6, 6.07) is 11.9. The molecule has 1 heterocycles. The van der Waals surface area contributed by atoms with Crippen molar-refractivity contribution in [3.8, 4) is 5.75 Å². The fourth-order valence-electron chi connectivity index (χ4n) is 1.53. The Kier molecular flexibility index (Phi) is 4.59. The minimum atomic E-state index is 0.612. The predicted molar refractivity (Wildman–Crippen MR) is 77.1 cm³/mol. The molecule has 0 saturated carbocycles. The summed E-state index contributed by atoms with van der Waals surface area (Å²) in [6.07, 6.45) is 1.77. The van der Waals surface area contributed by atoms with Gasteiger partial charge in [0.25, 0.3) is 0 Å². The molecule has 0 radical (unpaired) electrons. The van der Waals surface area contributed by atoms with Crippen molar-refractivity contribution in [1.82, 2.24) is 4.98 Å². The van der Waals surface area contributed by atoms with Crippen LogP contribution in [0.3, 0.4) is 0 Å². The number of benzene rings is 1. The highest BCUT2D eigenvalue weighted by Crippen LogP contribution is 2.12. The summed E-state index contributed by atoms with van der Waals surface area (Å²) in [6.45, 7) is 3.39. The van der Waals surface area contributed by atoms with Gasteiger partial charge in [-0.05, 0) is 52.7 Å². The first-order chi connectivity index (χ1) is 8.74. The smallest absolute Gasteiger partial charge is 0.126 e. The first kappa shape index (κ1) is 12.9. The number of aryl methyl sites for hydroxylation is 1. The number of aromatic nitrogens is 1. The zero-order valence-corrected chi connectivity index (χ0v) is 11.8. The molecule has 1 N–H and O–H groups in total. The van der Waals surface area contributed by atoms with Gasteiger partial charge in [-0.2, -0.15) is 0 Å². The van der Waals surface area contributed by atoms with Crippen molar-refractivity contribution in [1.29, 1.82) is 0 Å². The Morgan fingerprint density at radius 2 is 2.17 bits per heavy atom. The van der Waals surface area contributed by atoms with E-state index in [4.69, 9.17) is 4.74 Å². The van der Waals surface area contributed by atoms with Crippen LogP contribution in [0.25, 0.3) is 0 Å². The van der Waals surface area contributed by atoms with E-state index in [1.54, 1.807) is 6.20 Å². The quantitative estimate of drug-likeness (QED) is 0.856. The minimum absolute atomic E-state index is 0.612. The van der Waals surface area contributed by atoms with Gasteiger partial charge in [-0.25, -0.2) is 4.98 Å². The lowest BCUT2D eigenvalue weighted by molar-refractivity contribution is 0.332. The van der Waals surface area contributed by atoms with Crippen molar-refractivity contribution in [2.75, 3.05) is 18.5 Å². The van der Waals surface area contributed by atoms with Gasteiger partial charge in [-0.3, -0.25) is 0 Å². The number of rotatable bonds is 5. The lowest BCUT2D eigenvalue weighted by atomic mass is 10.2. The predicted octanol–water partition coefficient (Wildman–Crippen LogP) is 3.64. The summed E-state index contributed by atoms with van der Waals surface area (Å²) in [7, 11) is 0. The highest BCUT2D eigenvalue weighted by atomic mass is 79.9. The normalized spacial score (nSPS) is 10.1. The van der Waals surface area contributed by atoms with Crippen LogP contribution in [0.2, 0.25) is 0 Å². The molecule has 1 aromatic carbocycles. The van der Waals surface area contributed by atoms with Crippen LogP contribution in [-0.2, 0) is 0 Å². The summed E-state index contributed by atoms with van der Waals surface area (Å²) in [5.74, 6) is 1.76. The minimum Gasteiger partial charge on any atom is -0.492 e. The maximum atomic E-state index is 5.63. The van der Waals surface area contributed by atoms with Gasteiger partial charge in [0.1, 0.15) is 18.2 Å². The second-order valence-electron chi connectivity index (χ2n) is 3.95. The van der Waals surface area contributed by atoms with Crippen molar-refractivity contribution in [2.45, 2.75) is 6.92 Å². The van der Waals surface area contributed by atoms with Crippen LogP contribution in [0.4, 0.5) is 5.82 Å².